The first-order valence-electron chi connectivity index (χ1n) is 15.7. The summed E-state index contributed by atoms with van der Waals surface area (Å²) < 4.78 is 21.6. The fourth-order valence-electron chi connectivity index (χ4n) is 4.10. The van der Waals surface area contributed by atoms with Crippen LogP contribution >= 0.6 is 0 Å². The largest absolute Gasteiger partial charge is 0.658 e. The second-order valence-electron chi connectivity index (χ2n) is 10.5. The first-order chi connectivity index (χ1) is 21.8. The molecule has 12 heteroatoms. The zero-order valence-electron chi connectivity index (χ0n) is 27.6. The van der Waals surface area contributed by atoms with E-state index in [0.717, 1.165) is 17.5 Å². The summed E-state index contributed by atoms with van der Waals surface area (Å²) in [5, 5.41) is 21.4. The van der Waals surface area contributed by atoms with Gasteiger partial charge in [0.1, 0.15) is 11.5 Å². The number of aromatic hydroxyl groups is 1. The summed E-state index contributed by atoms with van der Waals surface area (Å²) in [5.41, 5.74) is 10.3. The van der Waals surface area contributed by atoms with E-state index in [1.54, 1.807) is 12.1 Å². The van der Waals surface area contributed by atoms with Gasteiger partial charge in [0.05, 0.1) is 64.2 Å². The summed E-state index contributed by atoms with van der Waals surface area (Å²) >= 11 is 0. The van der Waals surface area contributed by atoms with Crippen LogP contribution in [0.1, 0.15) is 56.7 Å². The second-order valence-corrected chi connectivity index (χ2v) is 10.5. The summed E-state index contributed by atoms with van der Waals surface area (Å²) in [6.45, 7) is 10.4. The van der Waals surface area contributed by atoms with E-state index in [1.165, 1.54) is 6.92 Å². The van der Waals surface area contributed by atoms with E-state index in [2.05, 4.69) is 29.8 Å². The normalized spacial score (nSPS) is 12.2. The van der Waals surface area contributed by atoms with E-state index in [1.807, 2.05) is 36.4 Å². The molecule has 1 amide bonds. The average molecular weight is 717 g/mol. The number of nitrogens with zero attached hydrogens (tertiary/aromatic N) is 1. The van der Waals surface area contributed by atoms with Gasteiger partial charge in [0.2, 0.25) is 5.91 Å². The topological polar surface area (TPSA) is 155 Å². The maximum absolute atomic E-state index is 12.2. The van der Waals surface area contributed by atoms with E-state index in [4.69, 9.17) is 24.7 Å². The molecule has 1 atom stereocenters. The summed E-state index contributed by atoms with van der Waals surface area (Å²) in [5.74, 6) is 0.177. The molecule has 0 aromatic heterocycles. The van der Waals surface area contributed by atoms with Crippen LogP contribution in [0.5, 0.6) is 5.75 Å². The Kier molecular flexibility index (Phi) is 23.3. The number of rotatable bonds is 25. The predicted octanol–water partition coefficient (Wildman–Crippen LogP) is 3.99. The number of Topliss-reactive ketones (excluding diaryl/α,β-unsaturated/α-hetero) is 1. The summed E-state index contributed by atoms with van der Waals surface area (Å²) in [4.78, 5) is 23.1. The number of amides is 1. The van der Waals surface area contributed by atoms with Crippen molar-refractivity contribution in [1.29, 1.82) is 0 Å². The van der Waals surface area contributed by atoms with Gasteiger partial charge in [0.15, 0.2) is 0 Å². The molecule has 5 N–H and O–H groups in total. The zero-order chi connectivity index (χ0) is 32.7. The number of para-hydroxylation sites is 1. The van der Waals surface area contributed by atoms with Crippen molar-refractivity contribution in [3.05, 3.63) is 70.5 Å². The molecular weight excluding hydrogens is 665 g/mol. The number of carbonyl (C=O) groups excluding carboxylic acids is 2. The number of ketones is 1. The van der Waals surface area contributed by atoms with Crippen LogP contribution in [0.3, 0.4) is 0 Å². The average Bonchev–Trinajstić information content (AvgIpc) is 3.03. The Bertz CT molecular complexity index is 1180. The molecule has 0 bridgehead atoms. The van der Waals surface area contributed by atoms with Gasteiger partial charge in [-0.25, -0.2) is 0 Å². The van der Waals surface area contributed by atoms with Crippen LogP contribution in [0.25, 0.3) is 16.7 Å². The van der Waals surface area contributed by atoms with Crippen molar-refractivity contribution in [2.75, 3.05) is 65.9 Å². The van der Waals surface area contributed by atoms with E-state index in [-0.39, 0.29) is 62.6 Å². The number of nitrogens with two attached hydrogens (primary N) is 1. The molecule has 1 radical (unpaired) electrons. The number of nitrogens with one attached hydrogen (secondary N) is 2. The SMILES string of the molecule is CCC(C)N/C(=C(\N)c1ccccc1C[N-]CCC(=O)NCCOCCOCCOCCOCCC(C)=O)c1ccccc1O.[Y]. The van der Waals surface area contributed by atoms with Crippen LogP contribution in [0.2, 0.25) is 0 Å². The Balaban J connectivity index is 0.0000106. The van der Waals surface area contributed by atoms with Crippen LogP contribution in [0, 0.1) is 0 Å². The van der Waals surface area contributed by atoms with E-state index >= 15 is 0 Å². The quantitative estimate of drug-likeness (QED) is 0.0882. The van der Waals surface area contributed by atoms with Gasteiger partial charge in [-0.3, -0.25) is 9.59 Å². The number of carbonyl (C=O) groups is 2. The smallest absolute Gasteiger partial charge is 0.218 e. The third kappa shape index (κ3) is 17.5. The van der Waals surface area contributed by atoms with Crippen molar-refractivity contribution in [1.82, 2.24) is 10.6 Å². The Hall–Kier alpha value is -2.38. The summed E-state index contributed by atoms with van der Waals surface area (Å²) in [6.07, 6.45) is 1.59. The standard InChI is InChI=1S/C34H51N4O7.Y/c1-4-26(2)38-34(30-11-7-8-12-31(30)40)33(35)29-10-6-5-9-28(29)25-36-15-13-32(41)37-16-18-43-20-22-45-24-23-44-21-19-42-17-14-27(3)39;/h5-12,26,38,40H,4,13-25,35H2,1-3H3,(H,37,41);/q-1;/b34-33-;. The molecule has 46 heavy (non-hydrogen) atoms. The molecule has 0 saturated carbocycles. The Morgan fingerprint density at radius 1 is 0.848 bits per heavy atom. The molecule has 11 nitrogen and oxygen atoms in total. The molecule has 0 saturated heterocycles. The minimum absolute atomic E-state index is 0. The van der Waals surface area contributed by atoms with Gasteiger partial charge in [-0.15, -0.1) is 13.1 Å². The monoisotopic (exact) mass is 716 g/mol. The second kappa shape index (κ2) is 25.7. The van der Waals surface area contributed by atoms with Gasteiger partial charge in [-0.2, -0.15) is 0 Å². The van der Waals surface area contributed by atoms with Crippen molar-refractivity contribution >= 4 is 23.1 Å². The molecule has 253 valence electrons. The molecule has 0 spiro atoms. The number of benzene rings is 2. The maximum Gasteiger partial charge on any atom is 0.218 e. The summed E-state index contributed by atoms with van der Waals surface area (Å²) in [7, 11) is 0. The van der Waals surface area contributed by atoms with Crippen LogP contribution in [-0.2, 0) is 67.8 Å². The minimum Gasteiger partial charge on any atom is -0.658 e. The molecule has 2 rings (SSSR count). The van der Waals surface area contributed by atoms with Gasteiger partial charge in [0.25, 0.3) is 0 Å². The Morgan fingerprint density at radius 2 is 1.41 bits per heavy atom. The molecule has 0 aliphatic carbocycles. The molecule has 2 aromatic carbocycles. The van der Waals surface area contributed by atoms with Gasteiger partial charge in [-0.05, 0) is 32.4 Å². The Morgan fingerprint density at radius 3 is 2.02 bits per heavy atom. The van der Waals surface area contributed by atoms with E-state index < -0.39 is 0 Å². The molecule has 2 aromatic rings. The number of ether oxygens (including phenoxy) is 4. The van der Waals surface area contributed by atoms with Crippen molar-refractivity contribution in [3.8, 4) is 5.75 Å². The van der Waals surface area contributed by atoms with Crippen LogP contribution in [0.4, 0.5) is 0 Å². The van der Waals surface area contributed by atoms with Crippen LogP contribution in [0.15, 0.2) is 48.5 Å². The van der Waals surface area contributed by atoms with Gasteiger partial charge in [-0.1, -0.05) is 48.9 Å². The van der Waals surface area contributed by atoms with Gasteiger partial charge < -0.3 is 45.7 Å². The zero-order valence-corrected chi connectivity index (χ0v) is 30.4. The molecular formula is C34H51N4O7Y-. The van der Waals surface area contributed by atoms with Crippen molar-refractivity contribution < 1.29 is 66.4 Å². The van der Waals surface area contributed by atoms with E-state index in [0.29, 0.717) is 95.9 Å². The Labute approximate surface area is 299 Å². The molecule has 1 unspecified atom stereocenters. The van der Waals surface area contributed by atoms with E-state index in [9.17, 15) is 14.7 Å². The first-order valence-corrected chi connectivity index (χ1v) is 15.7. The predicted molar refractivity (Wildman–Crippen MR) is 177 cm³/mol. The van der Waals surface area contributed by atoms with Crippen LogP contribution in [-0.4, -0.2) is 88.8 Å². The summed E-state index contributed by atoms with van der Waals surface area (Å²) in [6, 6.07) is 15.1. The van der Waals surface area contributed by atoms with Crippen molar-refractivity contribution in [2.24, 2.45) is 5.73 Å². The minimum atomic E-state index is -0.0895. The number of phenolic OH excluding ortho intramolecular Hbond substituents is 1. The fraction of sp³-hybridized carbons (Fsp3) is 0.529. The third-order valence-electron chi connectivity index (χ3n) is 6.82. The number of phenols is 1. The molecule has 0 aliphatic heterocycles. The molecule has 0 aliphatic rings. The molecule has 0 heterocycles. The molecule has 0 fully saturated rings. The third-order valence-corrected chi connectivity index (χ3v) is 6.82. The number of hydrogen-bond donors (Lipinski definition) is 4. The maximum atomic E-state index is 12.2. The van der Waals surface area contributed by atoms with Crippen molar-refractivity contribution in [2.45, 2.75) is 52.6 Å². The number of hydrogen-bond acceptors (Lipinski definition) is 9. The first kappa shape index (κ1) is 41.6. The fourth-order valence-corrected chi connectivity index (χ4v) is 4.10. The van der Waals surface area contributed by atoms with Gasteiger partial charge in [0, 0.05) is 69.3 Å². The van der Waals surface area contributed by atoms with Crippen LogP contribution < -0.4 is 16.4 Å². The van der Waals surface area contributed by atoms with Crippen molar-refractivity contribution in [3.63, 3.8) is 0 Å². The van der Waals surface area contributed by atoms with Gasteiger partial charge >= 0.3 is 0 Å².